The van der Waals surface area contributed by atoms with E-state index in [1.807, 2.05) is 0 Å². The molecule has 0 fully saturated rings. The lowest BCUT2D eigenvalue weighted by molar-refractivity contribution is -0.385. The van der Waals surface area contributed by atoms with Gasteiger partial charge in [-0.15, -0.1) is 0 Å². The highest BCUT2D eigenvalue weighted by Crippen LogP contribution is 2.24. The van der Waals surface area contributed by atoms with Crippen LogP contribution in [0.2, 0.25) is 5.15 Å². The number of hydrogen-bond donors (Lipinski definition) is 0. The van der Waals surface area contributed by atoms with Crippen LogP contribution in [0.1, 0.15) is 5.56 Å². The maximum atomic E-state index is 11.7. The smallest absolute Gasteiger partial charge is 0.288 e. The average molecular weight is 345 g/mol. The summed E-state index contributed by atoms with van der Waals surface area (Å²) in [5.74, 6) is 0. The van der Waals surface area contributed by atoms with Gasteiger partial charge < -0.3 is 4.57 Å². The van der Waals surface area contributed by atoms with Crippen molar-refractivity contribution in [1.29, 1.82) is 0 Å². The van der Waals surface area contributed by atoms with Crippen LogP contribution in [0.15, 0.2) is 39.9 Å². The number of nitrogens with zero attached hydrogens (tertiary/aromatic N) is 3. The minimum atomic E-state index is -0.492. The maximum Gasteiger partial charge on any atom is 0.288 e. The zero-order valence-electron chi connectivity index (χ0n) is 9.42. The molecule has 6 nitrogen and oxygen atoms in total. The Kier molecular flexibility index (Phi) is 3.96. The highest BCUT2D eigenvalue weighted by molar-refractivity contribution is 9.10. The summed E-state index contributed by atoms with van der Waals surface area (Å²) in [6.07, 6.45) is 2.80. The molecule has 0 bridgehead atoms. The van der Waals surface area contributed by atoms with Gasteiger partial charge in [-0.2, -0.15) is 0 Å². The first-order chi connectivity index (χ1) is 8.99. The van der Waals surface area contributed by atoms with Gasteiger partial charge in [0.25, 0.3) is 11.2 Å². The van der Waals surface area contributed by atoms with E-state index in [-0.39, 0.29) is 17.4 Å². The van der Waals surface area contributed by atoms with E-state index < -0.39 is 10.5 Å². The quantitative estimate of drug-likeness (QED) is 0.633. The van der Waals surface area contributed by atoms with Crippen LogP contribution in [0, 0.1) is 10.1 Å². The summed E-state index contributed by atoms with van der Waals surface area (Å²) in [5, 5.41) is 10.8. The van der Waals surface area contributed by atoms with Crippen molar-refractivity contribution in [1.82, 2.24) is 9.55 Å². The van der Waals surface area contributed by atoms with Gasteiger partial charge in [-0.3, -0.25) is 14.9 Å². The van der Waals surface area contributed by atoms with E-state index in [0.29, 0.717) is 10.0 Å². The van der Waals surface area contributed by atoms with Crippen molar-refractivity contribution in [2.75, 3.05) is 0 Å². The first-order valence-corrected chi connectivity index (χ1v) is 6.30. The molecular weight excluding hydrogens is 337 g/mol. The fourth-order valence-electron chi connectivity index (χ4n) is 1.57. The molecule has 0 unspecified atom stereocenters. The molecule has 0 N–H and O–H groups in total. The van der Waals surface area contributed by atoms with Crippen LogP contribution in [0.4, 0.5) is 5.69 Å². The molecule has 0 spiro atoms. The molecular formula is C11H7BrClN3O3. The van der Waals surface area contributed by atoms with Crippen molar-refractivity contribution >= 4 is 33.2 Å². The second-order valence-electron chi connectivity index (χ2n) is 3.68. The minimum Gasteiger partial charge on any atom is -0.307 e. The highest BCUT2D eigenvalue weighted by Gasteiger charge is 2.15. The predicted octanol–water partition coefficient (Wildman–Crippen LogP) is 2.62. The lowest BCUT2D eigenvalue weighted by Gasteiger charge is -2.06. The van der Waals surface area contributed by atoms with Crippen LogP contribution in [-0.4, -0.2) is 14.5 Å². The monoisotopic (exact) mass is 343 g/mol. The van der Waals surface area contributed by atoms with Gasteiger partial charge in [0.2, 0.25) is 0 Å². The van der Waals surface area contributed by atoms with Crippen LogP contribution < -0.4 is 5.56 Å². The number of nitro groups is 1. The lowest BCUT2D eigenvalue weighted by atomic mass is 10.2. The molecule has 1 heterocycles. The summed E-state index contributed by atoms with van der Waals surface area (Å²) >= 11 is 8.79. The molecule has 1 aromatic heterocycles. The molecule has 0 aliphatic heterocycles. The van der Waals surface area contributed by atoms with Gasteiger partial charge in [0.05, 0.1) is 11.5 Å². The molecule has 0 aliphatic rings. The van der Waals surface area contributed by atoms with Gasteiger partial charge in [-0.05, 0) is 12.1 Å². The topological polar surface area (TPSA) is 78.0 Å². The summed E-state index contributed by atoms with van der Waals surface area (Å²) in [5.41, 5.74) is -0.131. The number of halogens is 2. The van der Waals surface area contributed by atoms with Crippen LogP contribution >= 0.6 is 27.5 Å². The molecule has 8 heteroatoms. The third-order valence-corrected chi connectivity index (χ3v) is 3.21. The Hall–Kier alpha value is -1.73. The standard InChI is InChI=1S/C11H7BrClN3O3/c12-8-2-1-7(9(5-8)16(18)19)6-15-4-3-14-10(13)11(15)17/h1-5H,6H2. The molecule has 19 heavy (non-hydrogen) atoms. The predicted molar refractivity (Wildman–Crippen MR) is 73.4 cm³/mol. The van der Waals surface area contributed by atoms with Gasteiger partial charge in [-0.1, -0.05) is 27.5 Å². The van der Waals surface area contributed by atoms with Gasteiger partial charge >= 0.3 is 0 Å². The molecule has 0 aliphatic carbocycles. The second-order valence-corrected chi connectivity index (χ2v) is 4.95. The van der Waals surface area contributed by atoms with Gasteiger partial charge in [0.15, 0.2) is 5.15 Å². The fraction of sp³-hybridized carbons (Fsp3) is 0.0909. The van der Waals surface area contributed by atoms with Gasteiger partial charge in [0, 0.05) is 28.5 Å². The second kappa shape index (κ2) is 5.50. The molecule has 98 valence electrons. The van der Waals surface area contributed by atoms with E-state index in [1.54, 1.807) is 12.1 Å². The Morgan fingerprint density at radius 2 is 2.21 bits per heavy atom. The zero-order valence-corrected chi connectivity index (χ0v) is 11.8. The summed E-state index contributed by atoms with van der Waals surface area (Å²) in [6, 6.07) is 4.66. The van der Waals surface area contributed by atoms with Crippen molar-refractivity contribution in [3.63, 3.8) is 0 Å². The third-order valence-electron chi connectivity index (χ3n) is 2.46. The lowest BCUT2D eigenvalue weighted by Crippen LogP contribution is -2.21. The molecule has 0 radical (unpaired) electrons. The van der Waals surface area contributed by atoms with Crippen LogP contribution in [0.25, 0.3) is 0 Å². The van der Waals surface area contributed by atoms with E-state index in [4.69, 9.17) is 11.6 Å². The number of nitro benzene ring substituents is 1. The molecule has 0 saturated heterocycles. The Morgan fingerprint density at radius 3 is 2.89 bits per heavy atom. The van der Waals surface area contributed by atoms with Crippen molar-refractivity contribution in [3.8, 4) is 0 Å². The van der Waals surface area contributed by atoms with Crippen LogP contribution in [0.3, 0.4) is 0 Å². The number of hydrogen-bond acceptors (Lipinski definition) is 4. The Balaban J connectivity index is 2.47. The number of rotatable bonds is 3. The molecule has 0 amide bonds. The number of aromatic nitrogens is 2. The largest absolute Gasteiger partial charge is 0.307 e. The molecule has 1 aromatic carbocycles. The first-order valence-electron chi connectivity index (χ1n) is 5.13. The summed E-state index contributed by atoms with van der Waals surface area (Å²) in [4.78, 5) is 25.8. The Bertz CT molecular complexity index is 702. The van der Waals surface area contributed by atoms with E-state index >= 15 is 0 Å². The molecule has 2 rings (SSSR count). The normalized spacial score (nSPS) is 10.4. The van der Waals surface area contributed by atoms with Crippen molar-refractivity contribution in [2.45, 2.75) is 6.54 Å². The van der Waals surface area contributed by atoms with Crippen LogP contribution in [-0.2, 0) is 6.54 Å². The maximum absolute atomic E-state index is 11.7. The van der Waals surface area contributed by atoms with E-state index in [1.165, 1.54) is 23.0 Å². The third kappa shape index (κ3) is 2.99. The molecule has 0 atom stereocenters. The highest BCUT2D eigenvalue weighted by atomic mass is 79.9. The van der Waals surface area contributed by atoms with Crippen LogP contribution in [0.5, 0.6) is 0 Å². The van der Waals surface area contributed by atoms with Crippen molar-refractivity contribution in [2.24, 2.45) is 0 Å². The summed E-state index contributed by atoms with van der Waals surface area (Å²) in [7, 11) is 0. The molecule has 2 aromatic rings. The fourth-order valence-corrected chi connectivity index (χ4v) is 2.08. The zero-order chi connectivity index (χ0) is 14.0. The first kappa shape index (κ1) is 13.7. The SMILES string of the molecule is O=c1c(Cl)nccn1Cc1ccc(Br)cc1[N+](=O)[O-]. The summed E-state index contributed by atoms with van der Waals surface area (Å²) in [6.45, 7) is 0.0602. The minimum absolute atomic E-state index is 0.0602. The van der Waals surface area contributed by atoms with E-state index in [2.05, 4.69) is 20.9 Å². The summed E-state index contributed by atoms with van der Waals surface area (Å²) < 4.78 is 1.87. The average Bonchev–Trinajstić information content (AvgIpc) is 2.36. The van der Waals surface area contributed by atoms with Gasteiger partial charge in [0.1, 0.15) is 0 Å². The van der Waals surface area contributed by atoms with Gasteiger partial charge in [-0.25, -0.2) is 4.98 Å². The van der Waals surface area contributed by atoms with Crippen molar-refractivity contribution in [3.05, 3.63) is 66.3 Å². The van der Waals surface area contributed by atoms with E-state index in [9.17, 15) is 14.9 Å². The van der Waals surface area contributed by atoms with E-state index in [0.717, 1.165) is 0 Å². The van der Waals surface area contributed by atoms with Crippen molar-refractivity contribution < 1.29 is 4.92 Å². The number of benzene rings is 1. The Labute approximate surface area is 120 Å². The Morgan fingerprint density at radius 1 is 1.47 bits per heavy atom. The molecule has 0 saturated carbocycles.